The smallest absolute Gasteiger partial charge is 0.133 e. The van der Waals surface area contributed by atoms with Gasteiger partial charge < -0.3 is 5.32 Å². The molecule has 0 unspecified atom stereocenters. The third-order valence-corrected chi connectivity index (χ3v) is 2.04. The Morgan fingerprint density at radius 1 is 1.33 bits per heavy atom. The highest BCUT2D eigenvalue weighted by molar-refractivity contribution is 6.30. The molecule has 0 atom stereocenters. The Hall–Kier alpha value is -0.0200. The summed E-state index contributed by atoms with van der Waals surface area (Å²) in [5.41, 5.74) is 2.43. The van der Waals surface area contributed by atoms with E-state index in [2.05, 4.69) is 10.3 Å². The van der Waals surface area contributed by atoms with Crippen LogP contribution in [0.25, 0.3) is 0 Å². The average molecular weight is 228 g/mol. The molecule has 12 heavy (non-hydrogen) atoms. The van der Waals surface area contributed by atoms with Gasteiger partial charge in [0.15, 0.2) is 0 Å². The van der Waals surface area contributed by atoms with Crippen molar-refractivity contribution in [2.24, 2.45) is 0 Å². The zero-order valence-electron chi connectivity index (χ0n) is 6.21. The lowest BCUT2D eigenvalue weighted by molar-refractivity contribution is 0.764. The van der Waals surface area contributed by atoms with Gasteiger partial charge in [0.05, 0.1) is 0 Å². The highest BCUT2D eigenvalue weighted by Crippen LogP contribution is 2.20. The maximum Gasteiger partial charge on any atom is 0.133 e. The second-order valence-corrected chi connectivity index (χ2v) is 2.70. The molecule has 68 valence electrons. The van der Waals surface area contributed by atoms with Crippen LogP contribution >= 0.6 is 36.4 Å². The van der Waals surface area contributed by atoms with E-state index in [0.717, 1.165) is 18.7 Å². The summed E-state index contributed by atoms with van der Waals surface area (Å²) in [5, 5.41) is 3.85. The molecule has 1 aromatic rings. The second kappa shape index (κ2) is 4.87. The normalized spacial score (nSPS) is 12.8. The molecule has 2 nitrogen and oxygen atoms in total. The first-order chi connectivity index (χ1) is 4.88. The molecule has 0 amide bonds. The summed E-state index contributed by atoms with van der Waals surface area (Å²) < 4.78 is 0. The van der Waals surface area contributed by atoms with Crippen molar-refractivity contribution < 1.29 is 0 Å². The van der Waals surface area contributed by atoms with Crippen LogP contribution in [0.3, 0.4) is 0 Å². The summed E-state index contributed by atoms with van der Waals surface area (Å²) in [6.45, 7) is 1.79. The maximum atomic E-state index is 5.82. The van der Waals surface area contributed by atoms with Gasteiger partial charge in [-0.05, 0) is 11.6 Å². The topological polar surface area (TPSA) is 24.9 Å². The Kier molecular flexibility index (Phi) is 4.87. The molecule has 0 radical (unpaired) electrons. The molecule has 2 heterocycles. The van der Waals surface area contributed by atoms with E-state index in [4.69, 9.17) is 11.6 Å². The van der Waals surface area contributed by atoms with Gasteiger partial charge in [-0.1, -0.05) is 11.6 Å². The molecule has 0 spiro atoms. The number of nitrogens with zero attached hydrogens (tertiary/aromatic N) is 1. The van der Waals surface area contributed by atoms with E-state index in [9.17, 15) is 0 Å². The number of hydrogen-bond acceptors (Lipinski definition) is 2. The summed E-state index contributed by atoms with van der Waals surface area (Å²) in [7, 11) is 0. The van der Waals surface area contributed by atoms with Gasteiger partial charge in [0, 0.05) is 24.8 Å². The second-order valence-electron chi connectivity index (χ2n) is 2.34. The first-order valence-electron chi connectivity index (χ1n) is 3.21. The summed E-state index contributed by atoms with van der Waals surface area (Å²) in [4.78, 5) is 3.98. The zero-order valence-corrected chi connectivity index (χ0v) is 8.60. The van der Waals surface area contributed by atoms with Gasteiger partial charge in [-0.15, -0.1) is 24.8 Å². The van der Waals surface area contributed by atoms with Crippen LogP contribution in [0.2, 0.25) is 5.15 Å². The van der Waals surface area contributed by atoms with Crippen LogP contribution in [-0.4, -0.2) is 4.98 Å². The number of halogens is 3. The van der Waals surface area contributed by atoms with Crippen LogP contribution in [-0.2, 0) is 13.1 Å². The standard InChI is InChI=1S/C7H7ClN2.2ClH/c8-7-6-4-9-3-5(6)1-2-10-7;;/h1-2,9H,3-4H2;2*1H. The predicted octanol–water partition coefficient (Wildman–Crippen LogP) is 2.18. The molecule has 1 N–H and O–H groups in total. The SMILES string of the molecule is Cl.Cl.Clc1nccc2c1CNC2. The lowest BCUT2D eigenvalue weighted by atomic mass is 10.2. The minimum absolute atomic E-state index is 0. The highest BCUT2D eigenvalue weighted by Gasteiger charge is 2.12. The van der Waals surface area contributed by atoms with Gasteiger partial charge in [-0.25, -0.2) is 4.98 Å². The van der Waals surface area contributed by atoms with Crippen LogP contribution in [0.15, 0.2) is 12.3 Å². The number of rotatable bonds is 0. The predicted molar refractivity (Wildman–Crippen MR) is 54.3 cm³/mol. The minimum Gasteiger partial charge on any atom is -0.308 e. The number of aromatic nitrogens is 1. The van der Waals surface area contributed by atoms with Gasteiger partial charge in [0.1, 0.15) is 5.15 Å². The molecule has 0 aliphatic carbocycles. The van der Waals surface area contributed by atoms with Gasteiger partial charge in [-0.2, -0.15) is 0 Å². The number of hydrogen-bond donors (Lipinski definition) is 1. The third kappa shape index (κ3) is 2.02. The van der Waals surface area contributed by atoms with Crippen molar-refractivity contribution in [1.82, 2.24) is 10.3 Å². The number of fused-ring (bicyclic) bond motifs is 1. The van der Waals surface area contributed by atoms with Gasteiger partial charge in [0.25, 0.3) is 0 Å². The Morgan fingerprint density at radius 2 is 2.08 bits per heavy atom. The Bertz CT molecular complexity index is 265. The summed E-state index contributed by atoms with van der Waals surface area (Å²) in [6, 6.07) is 2.00. The summed E-state index contributed by atoms with van der Waals surface area (Å²) in [5.74, 6) is 0. The minimum atomic E-state index is 0. The van der Waals surface area contributed by atoms with E-state index in [1.807, 2.05) is 6.07 Å². The van der Waals surface area contributed by atoms with E-state index < -0.39 is 0 Å². The van der Waals surface area contributed by atoms with Gasteiger partial charge >= 0.3 is 0 Å². The van der Waals surface area contributed by atoms with Crippen LogP contribution in [0.5, 0.6) is 0 Å². The largest absolute Gasteiger partial charge is 0.308 e. The number of pyridine rings is 1. The molecular formula is C7H9Cl3N2. The van der Waals surface area contributed by atoms with Crippen LogP contribution < -0.4 is 5.32 Å². The fourth-order valence-corrected chi connectivity index (χ4v) is 1.42. The Morgan fingerprint density at radius 3 is 2.75 bits per heavy atom. The van der Waals surface area contributed by atoms with Crippen molar-refractivity contribution in [3.05, 3.63) is 28.5 Å². The molecule has 1 aliphatic rings. The molecule has 1 aliphatic heterocycles. The van der Waals surface area contributed by atoms with E-state index in [-0.39, 0.29) is 24.8 Å². The van der Waals surface area contributed by atoms with Crippen LogP contribution in [0.1, 0.15) is 11.1 Å². The van der Waals surface area contributed by atoms with Crippen molar-refractivity contribution in [1.29, 1.82) is 0 Å². The maximum absolute atomic E-state index is 5.82. The molecule has 5 heteroatoms. The zero-order chi connectivity index (χ0) is 6.97. The van der Waals surface area contributed by atoms with Gasteiger partial charge in [0.2, 0.25) is 0 Å². The van der Waals surface area contributed by atoms with E-state index in [1.54, 1.807) is 6.20 Å². The fraction of sp³-hybridized carbons (Fsp3) is 0.286. The van der Waals surface area contributed by atoms with Crippen molar-refractivity contribution in [3.63, 3.8) is 0 Å². The highest BCUT2D eigenvalue weighted by atomic mass is 35.5. The van der Waals surface area contributed by atoms with E-state index >= 15 is 0 Å². The molecule has 0 saturated heterocycles. The number of nitrogens with one attached hydrogen (secondary N) is 1. The van der Waals surface area contributed by atoms with Crippen LogP contribution in [0, 0.1) is 0 Å². The Labute approximate surface area is 88.5 Å². The van der Waals surface area contributed by atoms with Crippen molar-refractivity contribution >= 4 is 36.4 Å². The lowest BCUT2D eigenvalue weighted by Crippen LogP contribution is -2.00. The molecule has 2 rings (SSSR count). The fourth-order valence-electron chi connectivity index (χ4n) is 1.18. The lowest BCUT2D eigenvalue weighted by Gasteiger charge is -1.96. The van der Waals surface area contributed by atoms with E-state index in [1.165, 1.54) is 5.56 Å². The Balaban J connectivity index is 0.000000605. The monoisotopic (exact) mass is 226 g/mol. The molecule has 0 fully saturated rings. The molecular weight excluding hydrogens is 218 g/mol. The first-order valence-corrected chi connectivity index (χ1v) is 3.58. The average Bonchev–Trinajstić information content (AvgIpc) is 2.36. The third-order valence-electron chi connectivity index (χ3n) is 1.72. The molecule has 0 aromatic carbocycles. The molecule has 0 saturated carbocycles. The molecule has 1 aromatic heterocycles. The summed E-state index contributed by atoms with van der Waals surface area (Å²) in [6.07, 6.45) is 1.74. The first kappa shape index (κ1) is 12.0. The van der Waals surface area contributed by atoms with E-state index in [0.29, 0.717) is 5.15 Å². The quantitative estimate of drug-likeness (QED) is 0.687. The van der Waals surface area contributed by atoms with Gasteiger partial charge in [-0.3, -0.25) is 0 Å². The van der Waals surface area contributed by atoms with Crippen molar-refractivity contribution in [2.45, 2.75) is 13.1 Å². The van der Waals surface area contributed by atoms with Crippen LogP contribution in [0.4, 0.5) is 0 Å². The molecule has 0 bridgehead atoms. The van der Waals surface area contributed by atoms with Crippen molar-refractivity contribution in [2.75, 3.05) is 0 Å². The summed E-state index contributed by atoms with van der Waals surface area (Å²) >= 11 is 5.82. The van der Waals surface area contributed by atoms with Crippen molar-refractivity contribution in [3.8, 4) is 0 Å².